The number of guanidine groups is 1. The lowest BCUT2D eigenvalue weighted by Crippen LogP contribution is -2.38. The Morgan fingerprint density at radius 3 is 2.74 bits per heavy atom. The molecule has 2 aromatic carbocycles. The fourth-order valence-electron chi connectivity index (χ4n) is 4.59. The number of rotatable bonds is 6. The molecule has 1 amide bonds. The number of imidazole rings is 1. The predicted molar refractivity (Wildman–Crippen MR) is 137 cm³/mol. The van der Waals surface area contributed by atoms with E-state index in [-0.39, 0.29) is 36.3 Å². The lowest BCUT2D eigenvalue weighted by Gasteiger charge is -2.30. The quantitative estimate of drug-likeness (QED) is 0.213. The van der Waals surface area contributed by atoms with Gasteiger partial charge in [-0.2, -0.15) is 0 Å². The molecule has 0 bridgehead atoms. The molecule has 0 saturated heterocycles. The van der Waals surface area contributed by atoms with Gasteiger partial charge in [0.25, 0.3) is 5.91 Å². The Morgan fingerprint density at radius 1 is 1.09 bits per heavy atom. The van der Waals surface area contributed by atoms with Crippen molar-refractivity contribution in [3.05, 3.63) is 59.7 Å². The van der Waals surface area contributed by atoms with Crippen LogP contribution in [0.5, 0.6) is 0 Å². The van der Waals surface area contributed by atoms with Gasteiger partial charge >= 0.3 is 0 Å². The summed E-state index contributed by atoms with van der Waals surface area (Å²) in [5.41, 5.74) is 14.9. The minimum atomic E-state index is -0.375. The van der Waals surface area contributed by atoms with Crippen LogP contribution >= 0.6 is 0 Å². The van der Waals surface area contributed by atoms with Crippen LogP contribution in [0.2, 0.25) is 0 Å². The third-order valence-corrected chi connectivity index (χ3v) is 6.28. The van der Waals surface area contributed by atoms with Crippen molar-refractivity contribution < 1.29 is 4.79 Å². The average molecular weight is 472 g/mol. The number of amides is 1. The summed E-state index contributed by atoms with van der Waals surface area (Å²) >= 11 is 0. The number of aryl methyl sites for hydroxylation is 1. The van der Waals surface area contributed by atoms with Crippen LogP contribution in [0.4, 0.5) is 5.82 Å². The smallest absolute Gasteiger partial charge is 0.289 e. The number of nitrogens with one attached hydrogen (secondary N) is 3. The molecule has 0 aliphatic heterocycles. The number of aliphatic imine (C=N–C) groups is 1. The summed E-state index contributed by atoms with van der Waals surface area (Å²) in [7, 11) is 0. The zero-order valence-electron chi connectivity index (χ0n) is 19.6. The van der Waals surface area contributed by atoms with Crippen molar-refractivity contribution in [2.45, 2.75) is 51.2 Å². The second-order valence-corrected chi connectivity index (χ2v) is 8.96. The van der Waals surface area contributed by atoms with Crippen molar-refractivity contribution in [2.75, 3.05) is 5.32 Å². The van der Waals surface area contributed by atoms with Crippen LogP contribution in [-0.2, 0) is 6.54 Å². The highest BCUT2D eigenvalue weighted by atomic mass is 16.2. The van der Waals surface area contributed by atoms with Gasteiger partial charge in [0.05, 0.1) is 35.2 Å². The molecular formula is C25H29N9O. The molecule has 180 valence electrons. The number of H-pyrrole nitrogens is 1. The number of benzene rings is 2. The van der Waals surface area contributed by atoms with Gasteiger partial charge in [-0.05, 0) is 44.0 Å². The molecule has 0 radical (unpaired) electrons. The van der Waals surface area contributed by atoms with E-state index in [0.717, 1.165) is 47.7 Å². The summed E-state index contributed by atoms with van der Waals surface area (Å²) in [5, 5.41) is 7.26. The SMILES string of the molecule is Cc1ccc2nc(C(=O)NCc3nc4ccccc4[nH]3)nc(NC3CCCCC3N=C(N)N)c2c1. The lowest BCUT2D eigenvalue weighted by atomic mass is 9.90. The third kappa shape index (κ3) is 5.01. The number of carbonyl (C=O) groups is 1. The minimum Gasteiger partial charge on any atom is -0.370 e. The summed E-state index contributed by atoms with van der Waals surface area (Å²) in [4.78, 5) is 34.3. The highest BCUT2D eigenvalue weighted by Gasteiger charge is 2.26. The first-order valence-electron chi connectivity index (χ1n) is 11.8. The molecule has 35 heavy (non-hydrogen) atoms. The molecular weight excluding hydrogens is 442 g/mol. The molecule has 10 heteroatoms. The summed E-state index contributed by atoms with van der Waals surface area (Å²) in [6.45, 7) is 2.25. The van der Waals surface area contributed by atoms with Crippen LogP contribution in [0.3, 0.4) is 0 Å². The van der Waals surface area contributed by atoms with E-state index in [9.17, 15) is 4.79 Å². The van der Waals surface area contributed by atoms with Gasteiger partial charge < -0.3 is 27.1 Å². The first kappa shape index (κ1) is 22.6. The van der Waals surface area contributed by atoms with E-state index in [2.05, 4.69) is 35.6 Å². The number of anilines is 1. The number of hydrogen-bond acceptors (Lipinski definition) is 6. The topological polar surface area (TPSA) is 160 Å². The van der Waals surface area contributed by atoms with Crippen LogP contribution in [0.1, 0.15) is 47.7 Å². The number of para-hydroxylation sites is 2. The number of aromatic nitrogens is 4. The van der Waals surface area contributed by atoms with E-state index < -0.39 is 0 Å². The Bertz CT molecular complexity index is 1370. The standard InChI is InChI=1S/C25H29N9O/c1-14-10-11-16-15(12-14)22(32-19-8-4-5-9-20(19)33-25(26)27)34-23(31-16)24(35)28-13-21-29-17-6-2-3-7-18(17)30-21/h2-3,6-7,10-12,19-20H,4-5,8-9,13H2,1H3,(H,28,35)(H,29,30)(H4,26,27,33)(H,31,32,34). The van der Waals surface area contributed by atoms with Gasteiger partial charge in [-0.25, -0.2) is 19.9 Å². The number of hydrogen-bond donors (Lipinski definition) is 5. The number of fused-ring (bicyclic) bond motifs is 2. The Labute approximate surface area is 202 Å². The molecule has 2 heterocycles. The third-order valence-electron chi connectivity index (χ3n) is 6.28. The van der Waals surface area contributed by atoms with Gasteiger partial charge in [-0.1, -0.05) is 36.6 Å². The van der Waals surface area contributed by atoms with Crippen molar-refractivity contribution in [1.29, 1.82) is 0 Å². The van der Waals surface area contributed by atoms with Gasteiger partial charge in [0.15, 0.2) is 5.96 Å². The molecule has 10 nitrogen and oxygen atoms in total. The summed E-state index contributed by atoms with van der Waals surface area (Å²) in [6.07, 6.45) is 3.94. The van der Waals surface area contributed by atoms with E-state index >= 15 is 0 Å². The molecule has 2 unspecified atom stereocenters. The largest absolute Gasteiger partial charge is 0.370 e. The van der Waals surface area contributed by atoms with Crippen molar-refractivity contribution in [3.8, 4) is 0 Å². The van der Waals surface area contributed by atoms with E-state index in [1.165, 1.54) is 0 Å². The predicted octanol–water partition coefficient (Wildman–Crippen LogP) is 2.74. The average Bonchev–Trinajstić information content (AvgIpc) is 3.26. The summed E-state index contributed by atoms with van der Waals surface area (Å²) in [5.74, 6) is 1.07. The van der Waals surface area contributed by atoms with E-state index in [4.69, 9.17) is 11.5 Å². The first-order chi connectivity index (χ1) is 17.0. The van der Waals surface area contributed by atoms with Crippen LogP contribution < -0.4 is 22.1 Å². The van der Waals surface area contributed by atoms with Gasteiger partial charge in [-0.15, -0.1) is 0 Å². The normalized spacial score (nSPS) is 17.9. The van der Waals surface area contributed by atoms with Crippen LogP contribution in [0.25, 0.3) is 21.9 Å². The molecule has 2 aromatic heterocycles. The zero-order valence-corrected chi connectivity index (χ0v) is 19.6. The summed E-state index contributed by atoms with van der Waals surface area (Å²) in [6, 6.07) is 13.6. The maximum Gasteiger partial charge on any atom is 0.289 e. The maximum absolute atomic E-state index is 13.0. The Balaban J connectivity index is 1.42. The van der Waals surface area contributed by atoms with Crippen LogP contribution in [-0.4, -0.2) is 43.9 Å². The van der Waals surface area contributed by atoms with Gasteiger partial charge in [0.2, 0.25) is 5.82 Å². The molecule has 2 atom stereocenters. The maximum atomic E-state index is 13.0. The molecule has 1 fully saturated rings. The second kappa shape index (κ2) is 9.57. The number of nitrogens with zero attached hydrogens (tertiary/aromatic N) is 4. The molecule has 1 aliphatic rings. The number of carbonyl (C=O) groups excluding carboxylic acids is 1. The molecule has 4 aromatic rings. The molecule has 1 saturated carbocycles. The number of nitrogens with two attached hydrogens (primary N) is 2. The van der Waals surface area contributed by atoms with Crippen molar-refractivity contribution >= 4 is 39.6 Å². The highest BCUT2D eigenvalue weighted by Crippen LogP contribution is 2.28. The Kier molecular flexibility index (Phi) is 6.17. The van der Waals surface area contributed by atoms with Gasteiger partial charge in [-0.3, -0.25) is 4.79 Å². The van der Waals surface area contributed by atoms with E-state index in [1.807, 2.05) is 49.4 Å². The van der Waals surface area contributed by atoms with E-state index in [0.29, 0.717) is 17.2 Å². The number of aromatic amines is 1. The van der Waals surface area contributed by atoms with Crippen molar-refractivity contribution in [2.24, 2.45) is 16.5 Å². The lowest BCUT2D eigenvalue weighted by molar-refractivity contribution is 0.0940. The fraction of sp³-hybridized carbons (Fsp3) is 0.320. The fourth-order valence-corrected chi connectivity index (χ4v) is 4.59. The first-order valence-corrected chi connectivity index (χ1v) is 11.8. The van der Waals surface area contributed by atoms with Crippen molar-refractivity contribution in [1.82, 2.24) is 25.3 Å². The second-order valence-electron chi connectivity index (χ2n) is 8.96. The Morgan fingerprint density at radius 2 is 1.91 bits per heavy atom. The van der Waals surface area contributed by atoms with Crippen LogP contribution in [0, 0.1) is 6.92 Å². The molecule has 5 rings (SSSR count). The molecule has 1 aliphatic carbocycles. The highest BCUT2D eigenvalue weighted by molar-refractivity contribution is 5.96. The van der Waals surface area contributed by atoms with Crippen molar-refractivity contribution in [3.63, 3.8) is 0 Å². The molecule has 0 spiro atoms. The molecule has 7 N–H and O–H groups in total. The van der Waals surface area contributed by atoms with Gasteiger partial charge in [0, 0.05) is 5.39 Å². The Hall–Kier alpha value is -4.21. The van der Waals surface area contributed by atoms with Gasteiger partial charge in [0.1, 0.15) is 11.6 Å². The minimum absolute atomic E-state index is 0.0101. The van der Waals surface area contributed by atoms with E-state index in [1.54, 1.807) is 0 Å². The monoisotopic (exact) mass is 471 g/mol. The van der Waals surface area contributed by atoms with Crippen LogP contribution in [0.15, 0.2) is 47.5 Å². The zero-order chi connectivity index (χ0) is 24.4. The summed E-state index contributed by atoms with van der Waals surface area (Å²) < 4.78 is 0.